The molecule has 0 aliphatic heterocycles. The van der Waals surface area contributed by atoms with Gasteiger partial charge < -0.3 is 15.2 Å². The molecule has 3 rings (SSSR count). The predicted molar refractivity (Wildman–Crippen MR) is 98.9 cm³/mol. The van der Waals surface area contributed by atoms with Crippen molar-refractivity contribution in [3.8, 4) is 5.75 Å². The van der Waals surface area contributed by atoms with Gasteiger partial charge >= 0.3 is 5.97 Å². The van der Waals surface area contributed by atoms with Crippen molar-refractivity contribution in [2.45, 2.75) is 32.3 Å². The Morgan fingerprint density at radius 3 is 2.44 bits per heavy atom. The molecule has 0 heterocycles. The maximum absolute atomic E-state index is 13.2. The maximum atomic E-state index is 13.2. The highest BCUT2D eigenvalue weighted by molar-refractivity contribution is 5.92. The van der Waals surface area contributed by atoms with Crippen molar-refractivity contribution < 1.29 is 23.8 Å². The molecule has 0 bridgehead atoms. The van der Waals surface area contributed by atoms with Crippen LogP contribution in [0.3, 0.4) is 0 Å². The Hall–Kier alpha value is -2.89. The van der Waals surface area contributed by atoms with Gasteiger partial charge in [0.2, 0.25) is 5.91 Å². The molecular formula is C21H22FNO4. The minimum absolute atomic E-state index is 0.0962. The number of carbonyl (C=O) groups is 2. The summed E-state index contributed by atoms with van der Waals surface area (Å²) in [4.78, 5) is 23.4. The van der Waals surface area contributed by atoms with Crippen LogP contribution in [0.2, 0.25) is 0 Å². The first kappa shape index (κ1) is 18.9. The van der Waals surface area contributed by atoms with Crippen LogP contribution in [0.25, 0.3) is 0 Å². The lowest BCUT2D eigenvalue weighted by molar-refractivity contribution is -0.143. The van der Waals surface area contributed by atoms with Gasteiger partial charge in [-0.05, 0) is 55.5 Å². The number of carboxylic acids is 1. The summed E-state index contributed by atoms with van der Waals surface area (Å²) in [6.07, 6.45) is 2.23. The molecule has 6 heteroatoms. The topological polar surface area (TPSA) is 75.6 Å². The van der Waals surface area contributed by atoms with E-state index in [2.05, 4.69) is 5.32 Å². The molecule has 1 saturated carbocycles. The van der Waals surface area contributed by atoms with E-state index in [1.807, 2.05) is 0 Å². The number of benzene rings is 2. The third-order valence-corrected chi connectivity index (χ3v) is 4.84. The Kier molecular flexibility index (Phi) is 6.06. The van der Waals surface area contributed by atoms with Crippen LogP contribution in [0.4, 0.5) is 10.1 Å². The van der Waals surface area contributed by atoms with Crippen molar-refractivity contribution in [1.29, 1.82) is 0 Å². The van der Waals surface area contributed by atoms with Gasteiger partial charge in [0, 0.05) is 17.7 Å². The fourth-order valence-corrected chi connectivity index (χ4v) is 3.30. The van der Waals surface area contributed by atoms with Crippen LogP contribution >= 0.6 is 0 Å². The lowest BCUT2D eigenvalue weighted by atomic mass is 9.81. The highest BCUT2D eigenvalue weighted by Gasteiger charge is 2.29. The van der Waals surface area contributed by atoms with E-state index < -0.39 is 5.97 Å². The molecular weight excluding hydrogens is 349 g/mol. The smallest absolute Gasteiger partial charge is 0.306 e. The quantitative estimate of drug-likeness (QED) is 0.797. The van der Waals surface area contributed by atoms with Gasteiger partial charge in [-0.1, -0.05) is 18.2 Å². The molecule has 2 N–H and O–H groups in total. The Balaban J connectivity index is 1.54. The second-order valence-corrected chi connectivity index (χ2v) is 6.82. The zero-order chi connectivity index (χ0) is 19.2. The molecule has 27 heavy (non-hydrogen) atoms. The number of anilines is 1. The Morgan fingerprint density at radius 2 is 1.74 bits per heavy atom. The van der Waals surface area contributed by atoms with E-state index in [-0.39, 0.29) is 30.2 Å². The number of rotatable bonds is 6. The van der Waals surface area contributed by atoms with Gasteiger partial charge in [-0.15, -0.1) is 0 Å². The van der Waals surface area contributed by atoms with Gasteiger partial charge in [0.25, 0.3) is 0 Å². The standard InChI is InChI=1S/C21H22FNO4/c22-17-4-1-3-14(11-17)13-27-19-6-2-5-18(12-19)23-20(24)15-7-9-16(10-8-15)21(25)26/h1-6,11-12,15-16H,7-10,13H2,(H,23,24)(H,25,26). The summed E-state index contributed by atoms with van der Waals surface area (Å²) in [7, 11) is 0. The van der Waals surface area contributed by atoms with E-state index in [9.17, 15) is 14.0 Å². The SMILES string of the molecule is O=C(O)C1CCC(C(=O)Nc2cccc(OCc3cccc(F)c3)c2)CC1. The first-order valence-corrected chi connectivity index (χ1v) is 9.02. The summed E-state index contributed by atoms with van der Waals surface area (Å²) in [6.45, 7) is 0.231. The average Bonchev–Trinajstić information content (AvgIpc) is 2.67. The van der Waals surface area contributed by atoms with Crippen LogP contribution in [0.1, 0.15) is 31.2 Å². The number of halogens is 1. The van der Waals surface area contributed by atoms with Gasteiger partial charge in [-0.3, -0.25) is 9.59 Å². The number of aliphatic carboxylic acids is 1. The monoisotopic (exact) mass is 371 g/mol. The highest BCUT2D eigenvalue weighted by Crippen LogP contribution is 2.30. The van der Waals surface area contributed by atoms with Gasteiger partial charge in [-0.2, -0.15) is 0 Å². The minimum atomic E-state index is -0.781. The number of carbonyl (C=O) groups excluding carboxylic acids is 1. The number of ether oxygens (including phenoxy) is 1. The minimum Gasteiger partial charge on any atom is -0.489 e. The van der Waals surface area contributed by atoms with E-state index in [0.717, 1.165) is 5.56 Å². The molecule has 1 aliphatic carbocycles. The Morgan fingerprint density at radius 1 is 1.04 bits per heavy atom. The zero-order valence-corrected chi connectivity index (χ0v) is 14.9. The fourth-order valence-electron chi connectivity index (χ4n) is 3.30. The number of hydrogen-bond donors (Lipinski definition) is 2. The second-order valence-electron chi connectivity index (χ2n) is 6.82. The van der Waals surface area contributed by atoms with E-state index in [0.29, 0.717) is 37.1 Å². The second kappa shape index (κ2) is 8.66. The third-order valence-electron chi connectivity index (χ3n) is 4.84. The van der Waals surface area contributed by atoms with E-state index in [4.69, 9.17) is 9.84 Å². The molecule has 142 valence electrons. The molecule has 1 aliphatic rings. The highest BCUT2D eigenvalue weighted by atomic mass is 19.1. The fraction of sp³-hybridized carbons (Fsp3) is 0.333. The Bertz CT molecular complexity index is 815. The first-order valence-electron chi connectivity index (χ1n) is 9.02. The van der Waals surface area contributed by atoms with E-state index in [1.165, 1.54) is 12.1 Å². The Labute approximate surface area is 157 Å². The summed E-state index contributed by atoms with van der Waals surface area (Å²) in [5.74, 6) is -1.12. The molecule has 2 aromatic rings. The summed E-state index contributed by atoms with van der Waals surface area (Å²) >= 11 is 0. The van der Waals surface area contributed by atoms with Crippen molar-refractivity contribution in [3.63, 3.8) is 0 Å². The lowest BCUT2D eigenvalue weighted by Gasteiger charge is -2.25. The molecule has 5 nitrogen and oxygen atoms in total. The van der Waals surface area contributed by atoms with Crippen LogP contribution < -0.4 is 10.1 Å². The maximum Gasteiger partial charge on any atom is 0.306 e. The van der Waals surface area contributed by atoms with Crippen molar-refractivity contribution in [1.82, 2.24) is 0 Å². The van der Waals surface area contributed by atoms with Crippen molar-refractivity contribution in [2.75, 3.05) is 5.32 Å². The van der Waals surface area contributed by atoms with Crippen molar-refractivity contribution >= 4 is 17.6 Å². The summed E-state index contributed by atoms with van der Waals surface area (Å²) in [6, 6.07) is 13.2. The van der Waals surface area contributed by atoms with Gasteiger partial charge in [0.15, 0.2) is 0 Å². The predicted octanol–water partition coefficient (Wildman–Crippen LogP) is 4.23. The van der Waals surface area contributed by atoms with Gasteiger partial charge in [0.1, 0.15) is 18.2 Å². The van der Waals surface area contributed by atoms with Crippen LogP contribution in [0, 0.1) is 17.7 Å². The largest absolute Gasteiger partial charge is 0.489 e. The molecule has 0 radical (unpaired) electrons. The molecule has 0 saturated heterocycles. The number of carboxylic acid groups (broad SMARTS) is 1. The van der Waals surface area contributed by atoms with Crippen LogP contribution in [-0.2, 0) is 16.2 Å². The van der Waals surface area contributed by atoms with Crippen molar-refractivity contribution in [3.05, 3.63) is 59.9 Å². The van der Waals surface area contributed by atoms with Gasteiger partial charge in [-0.25, -0.2) is 4.39 Å². The molecule has 1 amide bonds. The van der Waals surface area contributed by atoms with Crippen LogP contribution in [0.15, 0.2) is 48.5 Å². The van der Waals surface area contributed by atoms with E-state index >= 15 is 0 Å². The van der Waals surface area contributed by atoms with Gasteiger partial charge in [0.05, 0.1) is 5.92 Å². The molecule has 2 aromatic carbocycles. The molecule has 1 fully saturated rings. The van der Waals surface area contributed by atoms with Crippen LogP contribution in [-0.4, -0.2) is 17.0 Å². The summed E-state index contributed by atoms with van der Waals surface area (Å²) < 4.78 is 18.9. The molecule has 0 atom stereocenters. The molecule has 0 spiro atoms. The van der Waals surface area contributed by atoms with Crippen molar-refractivity contribution in [2.24, 2.45) is 11.8 Å². The number of hydrogen-bond acceptors (Lipinski definition) is 3. The number of nitrogens with one attached hydrogen (secondary N) is 1. The zero-order valence-electron chi connectivity index (χ0n) is 14.9. The van der Waals surface area contributed by atoms with Crippen LogP contribution in [0.5, 0.6) is 5.75 Å². The third kappa shape index (κ3) is 5.29. The lowest BCUT2D eigenvalue weighted by Crippen LogP contribution is -2.29. The average molecular weight is 371 g/mol. The summed E-state index contributed by atoms with van der Waals surface area (Å²) in [5.41, 5.74) is 1.34. The molecule has 0 unspecified atom stereocenters. The van der Waals surface area contributed by atoms with E-state index in [1.54, 1.807) is 36.4 Å². The summed E-state index contributed by atoms with van der Waals surface area (Å²) in [5, 5.41) is 11.9. The normalized spacial score (nSPS) is 19.3. The number of amides is 1. The first-order chi connectivity index (χ1) is 13.0. The molecule has 0 aromatic heterocycles.